The minimum atomic E-state index is -0.643. The molecule has 3 rings (SSSR count). The van der Waals surface area contributed by atoms with Crippen molar-refractivity contribution in [2.24, 2.45) is 0 Å². The summed E-state index contributed by atoms with van der Waals surface area (Å²) in [5, 5.41) is 2.45. The van der Waals surface area contributed by atoms with E-state index in [1.165, 1.54) is 21.1 Å². The van der Waals surface area contributed by atoms with Gasteiger partial charge in [-0.25, -0.2) is 4.90 Å². The van der Waals surface area contributed by atoms with E-state index in [0.29, 0.717) is 22.7 Å². The van der Waals surface area contributed by atoms with Gasteiger partial charge < -0.3 is 14.8 Å². The van der Waals surface area contributed by atoms with Crippen molar-refractivity contribution in [2.75, 3.05) is 24.4 Å². The van der Waals surface area contributed by atoms with Crippen LogP contribution in [-0.4, -0.2) is 31.9 Å². The second-order valence-electron chi connectivity index (χ2n) is 5.93. The zero-order valence-electron chi connectivity index (χ0n) is 15.4. The maximum absolute atomic E-state index is 13.0. The van der Waals surface area contributed by atoms with Gasteiger partial charge in [0, 0.05) is 18.7 Å². The van der Waals surface area contributed by atoms with Crippen LogP contribution >= 0.6 is 11.6 Å². The molecular formula is C20H17ClN2O5. The van der Waals surface area contributed by atoms with Crippen LogP contribution in [-0.2, 0) is 14.4 Å². The Bertz CT molecular complexity index is 998. The smallest absolute Gasteiger partial charge is 0.277 e. The summed E-state index contributed by atoms with van der Waals surface area (Å²) in [7, 11) is 2.93. The lowest BCUT2D eigenvalue weighted by atomic mass is 10.1. The van der Waals surface area contributed by atoms with Gasteiger partial charge in [0.05, 0.1) is 25.5 Å². The SMILES string of the molecule is COc1ccc(N2C(=O)C(Cl)=C(c3ccc(NC(C)=O)cc3)C2=O)c(OC)c1. The number of hydrogen-bond acceptors (Lipinski definition) is 5. The number of benzene rings is 2. The molecule has 0 aromatic heterocycles. The van der Waals surface area contributed by atoms with Crippen LogP contribution in [0.15, 0.2) is 47.5 Å². The van der Waals surface area contributed by atoms with E-state index in [0.717, 1.165) is 4.90 Å². The summed E-state index contributed by atoms with van der Waals surface area (Å²) < 4.78 is 10.4. The van der Waals surface area contributed by atoms with E-state index >= 15 is 0 Å². The number of rotatable bonds is 5. The van der Waals surface area contributed by atoms with Crippen LogP contribution in [0.25, 0.3) is 5.57 Å². The second kappa shape index (κ2) is 7.74. The molecule has 1 aliphatic heterocycles. The highest BCUT2D eigenvalue weighted by atomic mass is 35.5. The fourth-order valence-electron chi connectivity index (χ4n) is 2.87. The first-order valence-corrected chi connectivity index (χ1v) is 8.63. The van der Waals surface area contributed by atoms with Gasteiger partial charge in [-0.15, -0.1) is 0 Å². The molecule has 28 heavy (non-hydrogen) atoms. The number of ether oxygens (including phenoxy) is 2. The Hall–Kier alpha value is -3.32. The molecule has 0 saturated carbocycles. The monoisotopic (exact) mass is 400 g/mol. The molecule has 144 valence electrons. The zero-order chi connectivity index (χ0) is 20.4. The molecule has 0 unspecified atom stereocenters. The summed E-state index contributed by atoms with van der Waals surface area (Å²) >= 11 is 6.21. The maximum atomic E-state index is 13.0. The minimum Gasteiger partial charge on any atom is -0.497 e. The number of hydrogen-bond donors (Lipinski definition) is 1. The van der Waals surface area contributed by atoms with Crippen LogP contribution in [0.1, 0.15) is 12.5 Å². The molecule has 2 aromatic carbocycles. The molecule has 1 aliphatic rings. The van der Waals surface area contributed by atoms with Crippen LogP contribution in [0.2, 0.25) is 0 Å². The van der Waals surface area contributed by atoms with Gasteiger partial charge in [0.15, 0.2) is 0 Å². The largest absolute Gasteiger partial charge is 0.497 e. The second-order valence-corrected chi connectivity index (χ2v) is 6.31. The molecule has 0 aliphatic carbocycles. The lowest BCUT2D eigenvalue weighted by molar-refractivity contribution is -0.120. The zero-order valence-corrected chi connectivity index (χ0v) is 16.2. The lowest BCUT2D eigenvalue weighted by Crippen LogP contribution is -2.31. The highest BCUT2D eigenvalue weighted by Crippen LogP contribution is 2.40. The van der Waals surface area contributed by atoms with Crippen molar-refractivity contribution in [3.8, 4) is 11.5 Å². The number of halogens is 1. The van der Waals surface area contributed by atoms with Gasteiger partial charge in [-0.1, -0.05) is 23.7 Å². The van der Waals surface area contributed by atoms with E-state index in [1.807, 2.05) is 0 Å². The van der Waals surface area contributed by atoms with Gasteiger partial charge in [-0.3, -0.25) is 14.4 Å². The van der Waals surface area contributed by atoms with Gasteiger partial charge in [0.25, 0.3) is 11.8 Å². The highest BCUT2D eigenvalue weighted by Gasteiger charge is 2.40. The van der Waals surface area contributed by atoms with Crippen LogP contribution < -0.4 is 19.7 Å². The molecular weight excluding hydrogens is 384 g/mol. The topological polar surface area (TPSA) is 84.9 Å². The first-order valence-electron chi connectivity index (χ1n) is 8.26. The number of anilines is 2. The molecule has 3 amide bonds. The Labute approximate surface area is 166 Å². The standard InChI is InChI=1S/C20H17ClN2O5/c1-11(24)22-13-6-4-12(5-7-13)17-18(21)20(26)23(19(17)25)15-9-8-14(27-2)10-16(15)28-3/h4-10H,1-3H3,(H,22,24). The van der Waals surface area contributed by atoms with Crippen molar-refractivity contribution in [3.05, 3.63) is 53.1 Å². The first kappa shape index (κ1) is 19.4. The quantitative estimate of drug-likeness (QED) is 0.779. The number of nitrogens with zero attached hydrogens (tertiary/aromatic N) is 1. The molecule has 0 bridgehead atoms. The first-order chi connectivity index (χ1) is 13.4. The van der Waals surface area contributed by atoms with Crippen molar-refractivity contribution in [1.82, 2.24) is 0 Å². The van der Waals surface area contributed by atoms with Gasteiger partial charge in [-0.05, 0) is 29.8 Å². The number of methoxy groups -OCH3 is 2. The summed E-state index contributed by atoms with van der Waals surface area (Å²) in [6, 6.07) is 11.2. The molecule has 1 N–H and O–H groups in total. The van der Waals surface area contributed by atoms with Crippen LogP contribution in [0.3, 0.4) is 0 Å². The Balaban J connectivity index is 1.98. The molecule has 0 radical (unpaired) electrons. The third kappa shape index (κ3) is 3.44. The van der Waals surface area contributed by atoms with E-state index < -0.39 is 11.8 Å². The summed E-state index contributed by atoms with van der Waals surface area (Å²) in [5.74, 6) is -0.600. The van der Waals surface area contributed by atoms with Crippen molar-refractivity contribution in [1.29, 1.82) is 0 Å². The van der Waals surface area contributed by atoms with Crippen LogP contribution in [0.5, 0.6) is 11.5 Å². The van der Waals surface area contributed by atoms with Crippen molar-refractivity contribution < 1.29 is 23.9 Å². The third-order valence-corrected chi connectivity index (χ3v) is 4.50. The average molecular weight is 401 g/mol. The summed E-state index contributed by atoms with van der Waals surface area (Å²) in [6.07, 6.45) is 0. The predicted molar refractivity (Wildman–Crippen MR) is 106 cm³/mol. The third-order valence-electron chi connectivity index (χ3n) is 4.15. The normalized spacial score (nSPS) is 13.8. The maximum Gasteiger partial charge on any atom is 0.277 e. The number of carbonyl (C=O) groups excluding carboxylic acids is 3. The molecule has 8 heteroatoms. The highest BCUT2D eigenvalue weighted by molar-refractivity contribution is 6.60. The number of nitrogens with one attached hydrogen (secondary N) is 1. The van der Waals surface area contributed by atoms with Crippen LogP contribution in [0.4, 0.5) is 11.4 Å². The van der Waals surface area contributed by atoms with Crippen LogP contribution in [0, 0.1) is 0 Å². The Morgan fingerprint density at radius 2 is 1.68 bits per heavy atom. The fourth-order valence-corrected chi connectivity index (χ4v) is 3.14. The summed E-state index contributed by atoms with van der Waals surface area (Å²) in [5.41, 5.74) is 1.38. The Morgan fingerprint density at radius 3 is 2.25 bits per heavy atom. The summed E-state index contributed by atoms with van der Waals surface area (Å²) in [6.45, 7) is 1.40. The fraction of sp³-hybridized carbons (Fsp3) is 0.150. The predicted octanol–water partition coefficient (Wildman–Crippen LogP) is 3.19. The molecule has 1 heterocycles. The molecule has 7 nitrogen and oxygen atoms in total. The molecule has 2 aromatic rings. The van der Waals surface area contributed by atoms with E-state index in [1.54, 1.807) is 42.5 Å². The number of carbonyl (C=O) groups is 3. The van der Waals surface area contributed by atoms with E-state index in [4.69, 9.17) is 21.1 Å². The Morgan fingerprint density at radius 1 is 1.00 bits per heavy atom. The van der Waals surface area contributed by atoms with E-state index in [-0.39, 0.29) is 22.2 Å². The summed E-state index contributed by atoms with van der Waals surface area (Å²) in [4.78, 5) is 37.8. The Kier molecular flexibility index (Phi) is 5.37. The van der Waals surface area contributed by atoms with E-state index in [9.17, 15) is 14.4 Å². The van der Waals surface area contributed by atoms with E-state index in [2.05, 4.69) is 5.32 Å². The number of amides is 3. The lowest BCUT2D eigenvalue weighted by Gasteiger charge is -2.18. The van der Waals surface area contributed by atoms with Crippen molar-refractivity contribution in [3.63, 3.8) is 0 Å². The molecule has 0 spiro atoms. The van der Waals surface area contributed by atoms with Gasteiger partial charge in [0.2, 0.25) is 5.91 Å². The van der Waals surface area contributed by atoms with Crippen molar-refractivity contribution >= 4 is 46.3 Å². The van der Waals surface area contributed by atoms with Gasteiger partial charge in [0.1, 0.15) is 16.5 Å². The minimum absolute atomic E-state index is 0.0823. The molecule has 0 atom stereocenters. The van der Waals surface area contributed by atoms with Crippen molar-refractivity contribution in [2.45, 2.75) is 6.92 Å². The average Bonchev–Trinajstić information content (AvgIpc) is 2.90. The number of imide groups is 1. The molecule has 0 saturated heterocycles. The van der Waals surface area contributed by atoms with Gasteiger partial charge >= 0.3 is 0 Å². The molecule has 0 fully saturated rings. The van der Waals surface area contributed by atoms with Gasteiger partial charge in [-0.2, -0.15) is 0 Å².